The van der Waals surface area contributed by atoms with Gasteiger partial charge >= 0.3 is 6.18 Å². The van der Waals surface area contributed by atoms with E-state index in [9.17, 15) is 22.4 Å². The molecule has 3 aromatic rings. The van der Waals surface area contributed by atoms with Crippen molar-refractivity contribution in [3.05, 3.63) is 62.4 Å². The number of fused-ring (bicyclic) bond motifs is 1. The van der Waals surface area contributed by atoms with Gasteiger partial charge in [-0.3, -0.25) is 4.79 Å². The van der Waals surface area contributed by atoms with Crippen LogP contribution in [0, 0.1) is 5.82 Å². The minimum absolute atomic E-state index is 0.0380. The third-order valence-electron chi connectivity index (χ3n) is 4.82. The standard InChI is InChI=1S/C19H15ClF4N6O2/c1-25-18-27-12-8-30(13-7-26-29-16(31)15(13)20)5-4-10(12)17(28-18)32-14-3-2-9(21)6-11(14)19(22,23)24/h2-3,6-7H,4-5,8H2,1H3,(H,29,31)(H,25,27,28). The zero-order valence-electron chi connectivity index (χ0n) is 16.4. The Bertz CT molecular complexity index is 1230. The van der Waals surface area contributed by atoms with Crippen molar-refractivity contribution < 1.29 is 22.3 Å². The molecule has 3 heterocycles. The molecule has 13 heteroatoms. The topological polar surface area (TPSA) is 96.0 Å². The number of benzene rings is 1. The van der Waals surface area contributed by atoms with Crippen molar-refractivity contribution in [3.8, 4) is 11.6 Å². The lowest BCUT2D eigenvalue weighted by Gasteiger charge is -2.30. The maximum absolute atomic E-state index is 13.4. The minimum Gasteiger partial charge on any atom is -0.438 e. The Morgan fingerprint density at radius 3 is 2.78 bits per heavy atom. The molecule has 0 amide bonds. The second-order valence-electron chi connectivity index (χ2n) is 6.84. The first kappa shape index (κ1) is 21.8. The molecule has 168 valence electrons. The zero-order chi connectivity index (χ0) is 23.0. The SMILES string of the molecule is CNc1nc2c(c(Oc3ccc(F)cc3C(F)(F)F)n1)CCN(c1cn[nH]c(=O)c1Cl)C2. The normalized spacial score (nSPS) is 13.6. The summed E-state index contributed by atoms with van der Waals surface area (Å²) in [7, 11) is 1.54. The van der Waals surface area contributed by atoms with Gasteiger partial charge < -0.3 is 15.0 Å². The third-order valence-corrected chi connectivity index (χ3v) is 5.19. The molecule has 0 bridgehead atoms. The minimum atomic E-state index is -4.82. The Morgan fingerprint density at radius 2 is 2.06 bits per heavy atom. The second-order valence-corrected chi connectivity index (χ2v) is 7.22. The Labute approximate surface area is 183 Å². The molecule has 1 aromatic carbocycles. The molecule has 0 unspecified atom stereocenters. The van der Waals surface area contributed by atoms with Crippen LogP contribution >= 0.6 is 11.6 Å². The van der Waals surface area contributed by atoms with Crippen molar-refractivity contribution in [2.75, 3.05) is 23.8 Å². The molecule has 8 nitrogen and oxygen atoms in total. The number of aromatic amines is 1. The van der Waals surface area contributed by atoms with E-state index < -0.39 is 28.9 Å². The Morgan fingerprint density at radius 1 is 1.28 bits per heavy atom. The van der Waals surface area contributed by atoms with Gasteiger partial charge in [0.05, 0.1) is 24.1 Å². The molecular weight excluding hydrogens is 456 g/mol. The summed E-state index contributed by atoms with van der Waals surface area (Å²) in [6.45, 7) is 0.537. The van der Waals surface area contributed by atoms with E-state index in [1.807, 2.05) is 0 Å². The molecule has 0 radical (unpaired) electrons. The van der Waals surface area contributed by atoms with Gasteiger partial charge in [-0.1, -0.05) is 11.6 Å². The summed E-state index contributed by atoms with van der Waals surface area (Å²) in [5, 5.41) is 8.69. The van der Waals surface area contributed by atoms with Crippen LogP contribution in [0.5, 0.6) is 11.6 Å². The number of hydrogen-bond acceptors (Lipinski definition) is 7. The summed E-state index contributed by atoms with van der Waals surface area (Å²) in [6.07, 6.45) is -3.13. The molecule has 0 saturated heterocycles. The Kier molecular flexibility index (Phi) is 5.63. The average molecular weight is 471 g/mol. The number of halogens is 5. The molecule has 2 aromatic heterocycles. The van der Waals surface area contributed by atoms with Gasteiger partial charge in [0.1, 0.15) is 22.2 Å². The highest BCUT2D eigenvalue weighted by Crippen LogP contribution is 2.40. The third kappa shape index (κ3) is 4.17. The van der Waals surface area contributed by atoms with Gasteiger partial charge in [-0.25, -0.2) is 14.5 Å². The van der Waals surface area contributed by atoms with E-state index in [1.165, 1.54) is 6.20 Å². The lowest BCUT2D eigenvalue weighted by Crippen LogP contribution is -2.33. The molecular formula is C19H15ClF4N6O2. The van der Waals surface area contributed by atoms with Gasteiger partial charge in [-0.15, -0.1) is 0 Å². The molecule has 0 atom stereocenters. The molecule has 0 spiro atoms. The van der Waals surface area contributed by atoms with Crippen LogP contribution in [-0.4, -0.2) is 33.8 Å². The van der Waals surface area contributed by atoms with Crippen molar-refractivity contribution in [2.24, 2.45) is 0 Å². The first-order chi connectivity index (χ1) is 15.2. The fourth-order valence-corrected chi connectivity index (χ4v) is 3.52. The Hall–Kier alpha value is -3.41. The fourth-order valence-electron chi connectivity index (χ4n) is 3.31. The summed E-state index contributed by atoms with van der Waals surface area (Å²) in [4.78, 5) is 22.1. The number of ether oxygens (including phenoxy) is 1. The first-order valence-corrected chi connectivity index (χ1v) is 9.65. The lowest BCUT2D eigenvalue weighted by atomic mass is 10.1. The quantitative estimate of drug-likeness (QED) is 0.560. The van der Waals surface area contributed by atoms with Crippen molar-refractivity contribution in [2.45, 2.75) is 19.1 Å². The molecule has 1 aliphatic rings. The van der Waals surface area contributed by atoms with E-state index in [2.05, 4.69) is 25.5 Å². The number of rotatable bonds is 4. The number of H-pyrrole nitrogens is 1. The van der Waals surface area contributed by atoms with Gasteiger partial charge in [0.15, 0.2) is 0 Å². The number of aromatic nitrogens is 4. The monoisotopic (exact) mass is 470 g/mol. The summed E-state index contributed by atoms with van der Waals surface area (Å²) >= 11 is 6.09. The van der Waals surface area contributed by atoms with Crippen LogP contribution in [-0.2, 0) is 19.1 Å². The average Bonchev–Trinajstić information content (AvgIpc) is 2.75. The summed E-state index contributed by atoms with van der Waals surface area (Å²) in [5.41, 5.74) is -0.446. The highest BCUT2D eigenvalue weighted by Gasteiger charge is 2.36. The summed E-state index contributed by atoms with van der Waals surface area (Å²) in [6, 6.07) is 2.15. The maximum Gasteiger partial charge on any atom is 0.420 e. The van der Waals surface area contributed by atoms with Crippen molar-refractivity contribution >= 4 is 23.2 Å². The van der Waals surface area contributed by atoms with Crippen LogP contribution in [0.15, 0.2) is 29.2 Å². The molecule has 1 aliphatic heterocycles. The van der Waals surface area contributed by atoms with Crippen molar-refractivity contribution in [1.82, 2.24) is 20.2 Å². The molecule has 2 N–H and O–H groups in total. The van der Waals surface area contributed by atoms with Gasteiger partial charge in [0, 0.05) is 19.2 Å². The van der Waals surface area contributed by atoms with Gasteiger partial charge in [0.25, 0.3) is 5.56 Å². The highest BCUT2D eigenvalue weighted by atomic mass is 35.5. The molecule has 0 saturated carbocycles. The van der Waals surface area contributed by atoms with E-state index in [1.54, 1.807) is 11.9 Å². The molecule has 4 rings (SSSR count). The van der Waals surface area contributed by atoms with E-state index in [-0.39, 0.29) is 23.4 Å². The number of alkyl halides is 3. The van der Waals surface area contributed by atoms with Gasteiger partial charge in [-0.2, -0.15) is 23.3 Å². The van der Waals surface area contributed by atoms with E-state index in [4.69, 9.17) is 16.3 Å². The van der Waals surface area contributed by atoms with Crippen LogP contribution < -0.4 is 20.5 Å². The van der Waals surface area contributed by atoms with E-state index >= 15 is 0 Å². The molecule has 0 aliphatic carbocycles. The van der Waals surface area contributed by atoms with Crippen molar-refractivity contribution in [3.63, 3.8) is 0 Å². The highest BCUT2D eigenvalue weighted by molar-refractivity contribution is 6.33. The van der Waals surface area contributed by atoms with Crippen LogP contribution in [0.25, 0.3) is 0 Å². The molecule has 32 heavy (non-hydrogen) atoms. The molecule has 0 fully saturated rings. The number of hydrogen-bond donors (Lipinski definition) is 2. The van der Waals surface area contributed by atoms with E-state index in [0.717, 1.165) is 12.1 Å². The van der Waals surface area contributed by atoms with Crippen LogP contribution in [0.2, 0.25) is 5.02 Å². The summed E-state index contributed by atoms with van der Waals surface area (Å²) in [5.74, 6) is -1.58. The lowest BCUT2D eigenvalue weighted by molar-refractivity contribution is -0.138. The predicted octanol–water partition coefficient (Wildman–Crippen LogP) is 3.77. The van der Waals surface area contributed by atoms with Gasteiger partial charge in [0.2, 0.25) is 11.8 Å². The first-order valence-electron chi connectivity index (χ1n) is 9.27. The predicted molar refractivity (Wildman–Crippen MR) is 108 cm³/mol. The number of nitrogens with zero attached hydrogens (tertiary/aromatic N) is 4. The fraction of sp³-hybridized carbons (Fsp3) is 0.263. The number of anilines is 2. The van der Waals surface area contributed by atoms with Gasteiger partial charge in [-0.05, 0) is 24.6 Å². The number of nitrogens with one attached hydrogen (secondary N) is 2. The van der Waals surface area contributed by atoms with Crippen LogP contribution in [0.1, 0.15) is 16.8 Å². The van der Waals surface area contributed by atoms with E-state index in [0.29, 0.717) is 36.0 Å². The zero-order valence-corrected chi connectivity index (χ0v) is 17.2. The van der Waals surface area contributed by atoms with Crippen LogP contribution in [0.3, 0.4) is 0 Å². The maximum atomic E-state index is 13.4. The van der Waals surface area contributed by atoms with Crippen molar-refractivity contribution in [1.29, 1.82) is 0 Å². The second kappa shape index (κ2) is 8.26. The summed E-state index contributed by atoms with van der Waals surface area (Å²) < 4.78 is 59.1. The largest absolute Gasteiger partial charge is 0.438 e. The Balaban J connectivity index is 1.73. The smallest absolute Gasteiger partial charge is 0.420 e. The van der Waals surface area contributed by atoms with Crippen LogP contribution in [0.4, 0.5) is 29.2 Å².